The van der Waals surface area contributed by atoms with Gasteiger partial charge in [-0.25, -0.2) is 0 Å². The number of hydrogen-bond acceptors (Lipinski definition) is 3. The van der Waals surface area contributed by atoms with Crippen LogP contribution in [0.1, 0.15) is 29.2 Å². The Hall–Kier alpha value is -1.96. The molecule has 4 nitrogen and oxygen atoms in total. The SMILES string of the molecule is Cc1cc([C@H](Nc2ccc(Cl)c(CN3CC[C@@H](C(=O)O)C3)c2)C(F)(F)F)ccc1Cl. The highest BCUT2D eigenvalue weighted by Gasteiger charge is 2.41. The largest absolute Gasteiger partial charge is 0.481 e. The van der Waals surface area contributed by atoms with Gasteiger partial charge < -0.3 is 10.4 Å². The quantitative estimate of drug-likeness (QED) is 0.561. The molecule has 162 valence electrons. The molecule has 0 radical (unpaired) electrons. The number of rotatable bonds is 6. The lowest BCUT2D eigenvalue weighted by atomic mass is 10.0. The van der Waals surface area contributed by atoms with E-state index in [0.29, 0.717) is 47.2 Å². The summed E-state index contributed by atoms with van der Waals surface area (Å²) >= 11 is 12.2. The van der Waals surface area contributed by atoms with Crippen LogP contribution in [0.25, 0.3) is 0 Å². The van der Waals surface area contributed by atoms with Gasteiger partial charge in [0.25, 0.3) is 0 Å². The average Bonchev–Trinajstić information content (AvgIpc) is 3.12. The van der Waals surface area contributed by atoms with E-state index in [9.17, 15) is 18.0 Å². The van der Waals surface area contributed by atoms with Crippen LogP contribution in [-0.4, -0.2) is 35.2 Å². The fourth-order valence-electron chi connectivity index (χ4n) is 3.57. The minimum absolute atomic E-state index is 0.0599. The minimum Gasteiger partial charge on any atom is -0.481 e. The van der Waals surface area contributed by atoms with E-state index < -0.39 is 24.1 Å². The van der Waals surface area contributed by atoms with Crippen LogP contribution in [0.3, 0.4) is 0 Å². The Bertz CT molecular complexity index is 937. The highest BCUT2D eigenvalue weighted by molar-refractivity contribution is 6.31. The number of carbonyl (C=O) groups is 1. The zero-order valence-corrected chi connectivity index (χ0v) is 17.7. The molecule has 0 amide bonds. The maximum absolute atomic E-state index is 13.8. The molecule has 0 aliphatic carbocycles. The summed E-state index contributed by atoms with van der Waals surface area (Å²) < 4.78 is 41.3. The molecule has 0 aromatic heterocycles. The molecule has 1 aliphatic heterocycles. The Labute approximate surface area is 182 Å². The van der Waals surface area contributed by atoms with Gasteiger partial charge in [0.15, 0.2) is 0 Å². The van der Waals surface area contributed by atoms with Gasteiger partial charge in [-0.05, 0) is 60.8 Å². The van der Waals surface area contributed by atoms with Crippen LogP contribution in [0.15, 0.2) is 36.4 Å². The number of anilines is 1. The summed E-state index contributed by atoms with van der Waals surface area (Å²) in [5.74, 6) is -1.28. The first-order chi connectivity index (χ1) is 14.0. The zero-order chi connectivity index (χ0) is 22.1. The number of benzene rings is 2. The number of nitrogens with zero attached hydrogens (tertiary/aromatic N) is 1. The minimum atomic E-state index is -4.52. The molecule has 0 unspecified atom stereocenters. The average molecular weight is 461 g/mol. The molecule has 9 heteroatoms. The standard InChI is InChI=1S/C21H21Cl2F3N2O2/c1-12-8-13(2-4-17(12)22)19(21(24,25)26)27-16-3-5-18(23)15(9-16)11-28-7-6-14(10-28)20(29)30/h2-5,8-9,14,19,27H,6-7,10-11H2,1H3,(H,29,30)/t14-,19+/m1/s1. The summed E-state index contributed by atoms with van der Waals surface area (Å²) in [5.41, 5.74) is 1.54. The maximum atomic E-state index is 13.8. The second-order valence-corrected chi connectivity index (χ2v) is 8.31. The van der Waals surface area contributed by atoms with Crippen LogP contribution >= 0.6 is 23.2 Å². The van der Waals surface area contributed by atoms with E-state index in [2.05, 4.69) is 5.32 Å². The molecule has 2 aromatic rings. The lowest BCUT2D eigenvalue weighted by Crippen LogP contribution is -2.28. The van der Waals surface area contributed by atoms with Crippen molar-refractivity contribution in [3.63, 3.8) is 0 Å². The van der Waals surface area contributed by atoms with E-state index in [1.807, 2.05) is 4.90 Å². The van der Waals surface area contributed by atoms with Crippen molar-refractivity contribution in [2.45, 2.75) is 32.1 Å². The fraction of sp³-hybridized carbons (Fsp3) is 0.381. The molecular weight excluding hydrogens is 440 g/mol. The zero-order valence-electron chi connectivity index (χ0n) is 16.1. The number of aryl methyl sites for hydroxylation is 1. The molecular formula is C21H21Cl2F3N2O2. The Morgan fingerprint density at radius 3 is 2.53 bits per heavy atom. The van der Waals surface area contributed by atoms with Crippen molar-refractivity contribution in [3.8, 4) is 0 Å². The summed E-state index contributed by atoms with van der Waals surface area (Å²) in [6, 6.07) is 6.94. The van der Waals surface area contributed by atoms with Crippen LogP contribution in [0.2, 0.25) is 10.0 Å². The van der Waals surface area contributed by atoms with E-state index in [0.717, 1.165) is 0 Å². The normalized spacial score (nSPS) is 18.4. The van der Waals surface area contributed by atoms with Crippen molar-refractivity contribution in [2.75, 3.05) is 18.4 Å². The third-order valence-corrected chi connectivity index (χ3v) is 6.01. The predicted molar refractivity (Wildman–Crippen MR) is 111 cm³/mol. The van der Waals surface area contributed by atoms with Gasteiger partial charge in [-0.1, -0.05) is 35.3 Å². The fourth-order valence-corrected chi connectivity index (χ4v) is 3.87. The summed E-state index contributed by atoms with van der Waals surface area (Å²) in [5, 5.41) is 12.5. The van der Waals surface area contributed by atoms with Gasteiger partial charge in [0.05, 0.1) is 5.92 Å². The first-order valence-corrected chi connectivity index (χ1v) is 10.1. The number of hydrogen-bond donors (Lipinski definition) is 2. The number of halogens is 5. The summed E-state index contributed by atoms with van der Waals surface area (Å²) in [6.45, 7) is 3.01. The summed E-state index contributed by atoms with van der Waals surface area (Å²) in [4.78, 5) is 13.1. The number of alkyl halides is 3. The molecule has 0 bridgehead atoms. The van der Waals surface area contributed by atoms with Crippen molar-refractivity contribution in [1.29, 1.82) is 0 Å². The molecule has 1 saturated heterocycles. The molecule has 2 N–H and O–H groups in total. The van der Waals surface area contributed by atoms with Crippen molar-refractivity contribution in [3.05, 3.63) is 63.1 Å². The van der Waals surface area contributed by atoms with Crippen molar-refractivity contribution in [1.82, 2.24) is 4.90 Å². The van der Waals surface area contributed by atoms with Crippen molar-refractivity contribution in [2.24, 2.45) is 5.92 Å². The molecule has 1 fully saturated rings. The van der Waals surface area contributed by atoms with E-state index in [1.54, 1.807) is 19.1 Å². The van der Waals surface area contributed by atoms with E-state index >= 15 is 0 Å². The smallest absolute Gasteiger partial charge is 0.412 e. The second kappa shape index (κ2) is 9.04. The Morgan fingerprint density at radius 2 is 1.93 bits per heavy atom. The van der Waals surface area contributed by atoms with Crippen molar-refractivity contribution >= 4 is 34.9 Å². The third-order valence-electron chi connectivity index (χ3n) is 5.21. The predicted octanol–water partition coefficient (Wildman–Crippen LogP) is 5.92. The molecule has 30 heavy (non-hydrogen) atoms. The van der Waals surface area contributed by atoms with Gasteiger partial charge in [0.2, 0.25) is 0 Å². The summed E-state index contributed by atoms with van der Waals surface area (Å²) in [7, 11) is 0. The van der Waals surface area contributed by atoms with Gasteiger partial charge in [-0.15, -0.1) is 0 Å². The Kier molecular flexibility index (Phi) is 6.84. The maximum Gasteiger partial charge on any atom is 0.412 e. The first-order valence-electron chi connectivity index (χ1n) is 9.37. The van der Waals surface area contributed by atoms with Gasteiger partial charge in [0.1, 0.15) is 6.04 Å². The molecule has 2 atom stereocenters. The molecule has 0 spiro atoms. The highest BCUT2D eigenvalue weighted by Crippen LogP contribution is 2.37. The molecule has 1 aliphatic rings. The monoisotopic (exact) mass is 460 g/mol. The van der Waals surface area contributed by atoms with Crippen LogP contribution in [-0.2, 0) is 11.3 Å². The first kappa shape index (κ1) is 22.7. The topological polar surface area (TPSA) is 52.6 Å². The number of aliphatic carboxylic acids is 1. The van der Waals surface area contributed by atoms with Gasteiger partial charge in [0, 0.05) is 28.8 Å². The number of carboxylic acid groups (broad SMARTS) is 1. The second-order valence-electron chi connectivity index (χ2n) is 7.49. The number of carboxylic acids is 1. The van der Waals surface area contributed by atoms with E-state index in [4.69, 9.17) is 28.3 Å². The van der Waals surface area contributed by atoms with Gasteiger partial charge in [-0.3, -0.25) is 9.69 Å². The molecule has 0 saturated carbocycles. The van der Waals surface area contributed by atoms with Crippen LogP contribution < -0.4 is 5.32 Å². The molecule has 2 aromatic carbocycles. The lowest BCUT2D eigenvalue weighted by molar-refractivity contribution is -0.144. The lowest BCUT2D eigenvalue weighted by Gasteiger charge is -2.24. The van der Waals surface area contributed by atoms with Crippen LogP contribution in [0, 0.1) is 12.8 Å². The summed E-state index contributed by atoms with van der Waals surface area (Å²) in [6.07, 6.45) is -3.99. The third kappa shape index (κ3) is 5.39. The van der Waals surface area contributed by atoms with Gasteiger partial charge in [-0.2, -0.15) is 13.2 Å². The number of nitrogens with one attached hydrogen (secondary N) is 1. The number of likely N-dealkylation sites (tertiary alicyclic amines) is 1. The van der Waals surface area contributed by atoms with Crippen LogP contribution in [0.5, 0.6) is 0 Å². The molecule has 1 heterocycles. The van der Waals surface area contributed by atoms with E-state index in [1.165, 1.54) is 24.3 Å². The van der Waals surface area contributed by atoms with Crippen molar-refractivity contribution < 1.29 is 23.1 Å². The Balaban J connectivity index is 1.81. The van der Waals surface area contributed by atoms with Crippen LogP contribution in [0.4, 0.5) is 18.9 Å². The van der Waals surface area contributed by atoms with E-state index in [-0.39, 0.29) is 11.3 Å². The Morgan fingerprint density at radius 1 is 1.23 bits per heavy atom. The highest BCUT2D eigenvalue weighted by atomic mass is 35.5. The molecule has 3 rings (SSSR count). The van der Waals surface area contributed by atoms with Gasteiger partial charge >= 0.3 is 12.1 Å².